The maximum absolute atomic E-state index is 13.7. The third-order valence-corrected chi connectivity index (χ3v) is 29.7. The van der Waals surface area contributed by atoms with Crippen LogP contribution in [0.3, 0.4) is 0 Å². The van der Waals surface area contributed by atoms with E-state index in [4.69, 9.17) is 4.74 Å². The third-order valence-electron chi connectivity index (χ3n) is 22.2. The van der Waals surface area contributed by atoms with E-state index in [1.165, 1.54) is 179 Å². The lowest BCUT2D eigenvalue weighted by Gasteiger charge is -2.25. The Labute approximate surface area is 821 Å². The second-order valence-corrected chi connectivity index (χ2v) is 40.4. The number of benzene rings is 6. The summed E-state index contributed by atoms with van der Waals surface area (Å²) in [5.74, 6) is -3.62. The molecule has 1 atom stereocenters. The summed E-state index contributed by atoms with van der Waals surface area (Å²) in [4.78, 5) is 68.1. The molecule has 1 unspecified atom stereocenters. The lowest BCUT2D eigenvalue weighted by Crippen LogP contribution is -2.28. The first-order valence-corrected chi connectivity index (χ1v) is 49.4. The number of ether oxygens (including phenoxy) is 4. The predicted molar refractivity (Wildman–Crippen MR) is 505 cm³/mol. The van der Waals surface area contributed by atoms with Crippen LogP contribution in [-0.2, 0) is 74.0 Å². The van der Waals surface area contributed by atoms with Crippen molar-refractivity contribution in [3.8, 4) is 68.0 Å². The van der Waals surface area contributed by atoms with Crippen LogP contribution in [0.2, 0.25) is 0 Å². The van der Waals surface area contributed by atoms with Crippen molar-refractivity contribution in [2.45, 2.75) is 113 Å². The van der Waals surface area contributed by atoms with Crippen molar-refractivity contribution in [1.82, 2.24) is 97.5 Å². The predicted octanol–water partition coefficient (Wildman–Crippen LogP) is 14.9. The van der Waals surface area contributed by atoms with E-state index in [0.717, 1.165) is 54.8 Å². The molecule has 53 heteroatoms. The van der Waals surface area contributed by atoms with Crippen molar-refractivity contribution in [1.29, 1.82) is 0 Å². The molecule has 12 heterocycles. The number of hydrogen-bond donors (Lipinski definition) is 4. The van der Waals surface area contributed by atoms with Gasteiger partial charge in [-0.15, -0.1) is 0 Å². The molecule has 146 heavy (non-hydrogen) atoms. The number of carbonyl (C=O) groups excluding carboxylic acids is 4. The van der Waals surface area contributed by atoms with Gasteiger partial charge in [-0.1, -0.05) is 37.6 Å². The Balaban J connectivity index is 0.000000139. The Morgan fingerprint density at radius 1 is 0.377 bits per heavy atom. The fourth-order valence-electron chi connectivity index (χ4n) is 15.1. The molecule has 4 amide bonds. The summed E-state index contributed by atoms with van der Waals surface area (Å²) < 4.78 is 253. The third kappa shape index (κ3) is 21.9. The zero-order valence-electron chi connectivity index (χ0n) is 76.9. The van der Waals surface area contributed by atoms with Gasteiger partial charge in [0.05, 0.1) is 82.2 Å². The summed E-state index contributed by atoms with van der Waals surface area (Å²) in [5, 5.41) is 43.6. The Hall–Kier alpha value is -17.1. The second kappa shape index (κ2) is 42.2. The average Bonchev–Trinajstić information content (AvgIpc) is 1.46. The number of alkyl halides is 9. The van der Waals surface area contributed by atoms with Crippen LogP contribution in [0.15, 0.2) is 274 Å². The summed E-state index contributed by atoms with van der Waals surface area (Å²) in [5.41, 5.74) is 1.50. The van der Waals surface area contributed by atoms with E-state index in [1.807, 2.05) is 13.0 Å². The molecule has 0 spiro atoms. The minimum absolute atomic E-state index is 0.0135. The quantitative estimate of drug-likeness (QED) is 0.0316. The normalized spacial score (nSPS) is 12.6. The van der Waals surface area contributed by atoms with Gasteiger partial charge in [-0.25, -0.2) is 76.1 Å². The van der Waals surface area contributed by atoms with Crippen LogP contribution < -0.4 is 40.2 Å². The number of aryl methyl sites for hydroxylation is 6. The number of carbonyl (C=O) groups is 4. The van der Waals surface area contributed by atoms with E-state index in [2.05, 4.69) is 96.2 Å². The van der Waals surface area contributed by atoms with Crippen molar-refractivity contribution in [3.05, 3.63) is 278 Å². The van der Waals surface area contributed by atoms with Crippen molar-refractivity contribution >= 4 is 108 Å². The van der Waals surface area contributed by atoms with E-state index in [9.17, 15) is 92.4 Å². The van der Waals surface area contributed by atoms with E-state index >= 15 is 0 Å². The molecule has 12 aromatic heterocycles. The maximum Gasteiger partial charge on any atom is 0.387 e. The Morgan fingerprint density at radius 2 is 0.664 bits per heavy atom. The van der Waals surface area contributed by atoms with Crippen LogP contribution in [0.25, 0.3) is 67.6 Å². The highest BCUT2D eigenvalue weighted by Gasteiger charge is 2.36. The Bertz CT molecular complexity index is 8540. The molecule has 18 aromatic rings. The van der Waals surface area contributed by atoms with Gasteiger partial charge in [0.25, 0.3) is 23.6 Å². The highest BCUT2D eigenvalue weighted by atomic mass is 32.2. The van der Waals surface area contributed by atoms with Gasteiger partial charge in [0.2, 0.25) is 35.0 Å². The molecule has 754 valence electrons. The van der Waals surface area contributed by atoms with E-state index in [0.29, 0.717) is 36.2 Å². The first-order valence-electron chi connectivity index (χ1n) is 43.3. The van der Waals surface area contributed by atoms with E-state index in [-0.39, 0.29) is 137 Å². The zero-order valence-corrected chi connectivity index (χ0v) is 80.2. The van der Waals surface area contributed by atoms with Gasteiger partial charge in [0, 0.05) is 125 Å². The van der Waals surface area contributed by atoms with Crippen molar-refractivity contribution in [2.75, 3.05) is 21.3 Å². The number of nitrogens with one attached hydrogen (secondary N) is 4. The zero-order chi connectivity index (χ0) is 104. The number of sulfone groups is 4. The van der Waals surface area contributed by atoms with Crippen LogP contribution in [0, 0.1) is 6.92 Å². The van der Waals surface area contributed by atoms with Crippen LogP contribution in [0.4, 0.5) is 62.3 Å². The highest BCUT2D eigenvalue weighted by Crippen LogP contribution is 2.45. The summed E-state index contributed by atoms with van der Waals surface area (Å²) >= 11 is 0. The lowest BCUT2D eigenvalue weighted by molar-refractivity contribution is -0.0501. The fraction of sp³-hybridized carbons (Fsp3) is 0.183. The first-order chi connectivity index (χ1) is 69.6. The number of fused-ring (bicyclic) bond motifs is 4. The number of halogens is 9. The van der Waals surface area contributed by atoms with E-state index < -0.39 is 111 Å². The molecule has 0 radical (unpaired) electrons. The number of aromatic nitrogens is 20. The summed E-state index contributed by atoms with van der Waals surface area (Å²) in [6.07, 6.45) is 26.2. The highest BCUT2D eigenvalue weighted by molar-refractivity contribution is 7.92. The molecule has 40 nitrogen and oxygen atoms in total. The van der Waals surface area contributed by atoms with Crippen LogP contribution >= 0.6 is 0 Å². The molecule has 0 bridgehead atoms. The topological polar surface area (TPSA) is 482 Å². The molecular formula is C93H79F9N24O16S4. The molecule has 0 saturated heterocycles. The fourth-order valence-corrected chi connectivity index (χ4v) is 20.7. The van der Waals surface area contributed by atoms with Gasteiger partial charge in [-0.2, -0.15) is 75.9 Å². The van der Waals surface area contributed by atoms with E-state index in [1.54, 1.807) is 101 Å². The molecule has 19 rings (SSSR count). The van der Waals surface area contributed by atoms with Crippen molar-refractivity contribution < 1.29 is 111 Å². The minimum Gasteiger partial charge on any atom is -0.434 e. The van der Waals surface area contributed by atoms with Crippen LogP contribution in [0.1, 0.15) is 85.7 Å². The Morgan fingerprint density at radius 3 is 0.959 bits per heavy atom. The van der Waals surface area contributed by atoms with Gasteiger partial charge >= 0.3 is 26.4 Å². The van der Waals surface area contributed by atoms with Crippen LogP contribution in [-0.4, -0.2) is 192 Å². The monoisotopic (exact) mass is 2090 g/mol. The number of amides is 4. The molecule has 4 N–H and O–H groups in total. The van der Waals surface area contributed by atoms with Crippen molar-refractivity contribution in [2.24, 2.45) is 28.2 Å². The number of rotatable bonds is 29. The second-order valence-electron chi connectivity index (χ2n) is 32.0. The van der Waals surface area contributed by atoms with Crippen LogP contribution in [0.5, 0.6) is 23.0 Å². The summed E-state index contributed by atoms with van der Waals surface area (Å²) in [6, 6.07) is 33.1. The number of anilines is 4. The van der Waals surface area contributed by atoms with Gasteiger partial charge in [-0.05, 0) is 166 Å². The van der Waals surface area contributed by atoms with Gasteiger partial charge in [-0.3, -0.25) is 37.9 Å². The summed E-state index contributed by atoms with van der Waals surface area (Å²) in [6.45, 7) is -8.23. The number of hydrogen-bond acceptors (Lipinski definition) is 28. The summed E-state index contributed by atoms with van der Waals surface area (Å²) in [7, 11) is -9.85. The van der Waals surface area contributed by atoms with Gasteiger partial charge in [0.1, 0.15) is 68.0 Å². The minimum atomic E-state index is -4.39. The molecular weight excluding hydrogens is 2010 g/mol. The molecule has 6 aromatic carbocycles. The molecule has 1 aliphatic carbocycles. The molecule has 1 saturated carbocycles. The molecule has 0 aliphatic heterocycles. The van der Waals surface area contributed by atoms with Gasteiger partial charge in [0.15, 0.2) is 32.4 Å². The average molecular weight is 2090 g/mol. The lowest BCUT2D eigenvalue weighted by atomic mass is 10.00. The van der Waals surface area contributed by atoms with Gasteiger partial charge < -0.3 is 40.2 Å². The SMILES string of the molecule is CC(F)S(=O)(=O)c1ccc(OC(F)F)c(-c2nn(C)cc2NC(=O)c2cnn3cccnc23)c1.CCc1cccc(S(=O)(=O)c2ccc(OC(F)F)c(-c3nn(C)cc3NC(=O)c3cnn4cccnc34)c2)c1.Cc1cccc(S(=O)(=O)c2ccc(OC(F)F)c(-c3nn(C)cc3NC(=O)c3cnn4cccnc34)c2)c1.Cn1cc(NC(=O)c2cnn3cccnc23)c(-c2cc(S(=O)(=O)C3CCC3)ccc2OC(F)F)n1. The van der Waals surface area contributed by atoms with Crippen molar-refractivity contribution in [3.63, 3.8) is 0 Å². The molecule has 1 aliphatic rings. The maximum atomic E-state index is 13.7. The Kier molecular flexibility index (Phi) is 29.4. The standard InChI is InChI=1S/C26H22F2N6O4S.C25H20F2N6O4S.C22H20F2N6O4S.C20H17F3N6O4S/c1-3-16-6-4-7-17(12-16)39(36,37)18-8-9-22(38-26(27)28)19(13-18)23-21(15-33(2)32-23)31-25(35)20-14-30-34-11-5-10-29-24(20)34;1-15-5-3-6-16(11-15)38(35,36)17-7-8-21(37-25(26)27)18(12-17)22-20(14-32(2)31-22)30-24(34)19-13-29-33-10-4-9-28-23(19)33;1-29-12-17(27-21(31)16-11-26-30-9-3-8-25-20(16)30)19(28-29)15-10-14(6-7-18(15)34-22(23)24)35(32,33)13-4-2-5-13;1-11(21)34(31,32)12-4-5-16(33-20(22)23)13(8-12)17-15(10-28(2)27-17)26-19(30)14-9-25-29-7-3-6-24-18(14)29/h4-15,26H,3H2,1-2H3,(H,31,35);3-14,25H,1-2H3,(H,30,34);3,6-13,22H,2,4-5H2,1H3,(H,27,31);3-11,20H,1-2H3,(H,26,30). The molecule has 1 fully saturated rings. The largest absolute Gasteiger partial charge is 0.434 e. The first kappa shape index (κ1) is 102. The smallest absolute Gasteiger partial charge is 0.387 e. The number of nitrogens with zero attached hydrogens (tertiary/aromatic N) is 20.